The van der Waals surface area contributed by atoms with Crippen LogP contribution in [0.15, 0.2) is 30.3 Å². The SMILES string of the molecule is CC1OCC(C(=O)Nc2ccccc2)CO1. The maximum Gasteiger partial charge on any atom is 0.232 e. The summed E-state index contributed by atoms with van der Waals surface area (Å²) in [6.07, 6.45) is -0.208. The number of para-hydroxylation sites is 1. The Morgan fingerprint density at radius 1 is 1.25 bits per heavy atom. The van der Waals surface area contributed by atoms with Crippen molar-refractivity contribution in [1.82, 2.24) is 0 Å². The largest absolute Gasteiger partial charge is 0.352 e. The lowest BCUT2D eigenvalue weighted by molar-refractivity contribution is -0.191. The van der Waals surface area contributed by atoms with Gasteiger partial charge in [-0.25, -0.2) is 0 Å². The van der Waals surface area contributed by atoms with Gasteiger partial charge in [-0.2, -0.15) is 0 Å². The summed E-state index contributed by atoms with van der Waals surface area (Å²) in [5, 5.41) is 2.83. The highest BCUT2D eigenvalue weighted by atomic mass is 16.7. The van der Waals surface area contributed by atoms with Crippen molar-refractivity contribution in [2.75, 3.05) is 18.5 Å². The van der Waals surface area contributed by atoms with E-state index in [2.05, 4.69) is 5.32 Å². The highest BCUT2D eigenvalue weighted by Crippen LogP contribution is 2.13. The molecule has 4 nitrogen and oxygen atoms in total. The van der Waals surface area contributed by atoms with Crippen LogP contribution in [0.4, 0.5) is 5.69 Å². The average Bonchev–Trinajstić information content (AvgIpc) is 2.31. The van der Waals surface area contributed by atoms with Crippen LogP contribution in [0.5, 0.6) is 0 Å². The Balaban J connectivity index is 1.89. The minimum atomic E-state index is -0.226. The molecular weight excluding hydrogens is 206 g/mol. The first-order valence-electron chi connectivity index (χ1n) is 5.35. The van der Waals surface area contributed by atoms with Crippen LogP contribution >= 0.6 is 0 Å². The molecule has 16 heavy (non-hydrogen) atoms. The summed E-state index contributed by atoms with van der Waals surface area (Å²) < 4.78 is 10.5. The van der Waals surface area contributed by atoms with Crippen molar-refractivity contribution in [1.29, 1.82) is 0 Å². The van der Waals surface area contributed by atoms with Crippen LogP contribution in [0, 0.1) is 5.92 Å². The van der Waals surface area contributed by atoms with E-state index in [1.807, 2.05) is 37.3 Å². The highest BCUT2D eigenvalue weighted by molar-refractivity contribution is 5.92. The zero-order valence-corrected chi connectivity index (χ0v) is 9.18. The molecule has 0 aromatic heterocycles. The topological polar surface area (TPSA) is 47.6 Å². The number of rotatable bonds is 2. The zero-order chi connectivity index (χ0) is 11.4. The van der Waals surface area contributed by atoms with Crippen molar-refractivity contribution in [3.63, 3.8) is 0 Å². The van der Waals surface area contributed by atoms with Crippen LogP contribution in [0.25, 0.3) is 0 Å². The van der Waals surface area contributed by atoms with E-state index in [1.165, 1.54) is 0 Å². The summed E-state index contributed by atoms with van der Waals surface area (Å²) in [5.74, 6) is -0.283. The molecule has 0 bridgehead atoms. The third-order valence-corrected chi connectivity index (χ3v) is 2.48. The van der Waals surface area contributed by atoms with Gasteiger partial charge in [0.15, 0.2) is 6.29 Å². The standard InChI is InChI=1S/C12H15NO3/c1-9-15-7-10(8-16-9)12(14)13-11-5-3-2-4-6-11/h2-6,9-10H,7-8H2,1H3,(H,13,14). The Bertz CT molecular complexity index is 345. The monoisotopic (exact) mass is 221 g/mol. The van der Waals surface area contributed by atoms with Crippen LogP contribution in [-0.2, 0) is 14.3 Å². The van der Waals surface area contributed by atoms with Gasteiger partial charge in [-0.05, 0) is 19.1 Å². The van der Waals surface area contributed by atoms with E-state index >= 15 is 0 Å². The molecule has 1 aliphatic heterocycles. The molecular formula is C12H15NO3. The number of benzene rings is 1. The minimum Gasteiger partial charge on any atom is -0.352 e. The number of hydrogen-bond acceptors (Lipinski definition) is 3. The number of nitrogens with one attached hydrogen (secondary N) is 1. The number of anilines is 1. The van der Waals surface area contributed by atoms with Gasteiger partial charge >= 0.3 is 0 Å². The Hall–Kier alpha value is -1.39. The molecule has 0 spiro atoms. The predicted octanol–water partition coefficient (Wildman–Crippen LogP) is 1.63. The summed E-state index contributed by atoms with van der Waals surface area (Å²) in [6, 6.07) is 9.37. The molecule has 0 saturated carbocycles. The fraction of sp³-hybridized carbons (Fsp3) is 0.417. The first-order valence-corrected chi connectivity index (χ1v) is 5.35. The summed E-state index contributed by atoms with van der Waals surface area (Å²) in [5.41, 5.74) is 0.797. The third-order valence-electron chi connectivity index (χ3n) is 2.48. The van der Waals surface area contributed by atoms with Crippen molar-refractivity contribution < 1.29 is 14.3 Å². The fourth-order valence-electron chi connectivity index (χ4n) is 1.52. The molecule has 1 aromatic carbocycles. The smallest absolute Gasteiger partial charge is 0.232 e. The van der Waals surface area contributed by atoms with Gasteiger partial charge in [-0.1, -0.05) is 18.2 Å². The van der Waals surface area contributed by atoms with E-state index in [0.717, 1.165) is 5.69 Å². The van der Waals surface area contributed by atoms with Crippen molar-refractivity contribution in [3.05, 3.63) is 30.3 Å². The molecule has 0 aliphatic carbocycles. The van der Waals surface area contributed by atoms with Crippen molar-refractivity contribution >= 4 is 11.6 Å². The van der Waals surface area contributed by atoms with Crippen LogP contribution in [0.3, 0.4) is 0 Å². The van der Waals surface area contributed by atoms with Gasteiger partial charge in [0.1, 0.15) is 0 Å². The van der Waals surface area contributed by atoms with Gasteiger partial charge in [-0.15, -0.1) is 0 Å². The number of hydrogen-bond donors (Lipinski definition) is 1. The fourth-order valence-corrected chi connectivity index (χ4v) is 1.52. The van der Waals surface area contributed by atoms with E-state index in [-0.39, 0.29) is 18.1 Å². The maximum atomic E-state index is 11.8. The van der Waals surface area contributed by atoms with Gasteiger partial charge in [0.2, 0.25) is 5.91 Å². The molecule has 4 heteroatoms. The lowest BCUT2D eigenvalue weighted by Crippen LogP contribution is -2.37. The van der Waals surface area contributed by atoms with E-state index in [0.29, 0.717) is 13.2 Å². The second-order valence-corrected chi connectivity index (χ2v) is 3.79. The molecule has 1 aliphatic rings. The summed E-state index contributed by atoms with van der Waals surface area (Å²) in [4.78, 5) is 11.8. The molecule has 86 valence electrons. The maximum absolute atomic E-state index is 11.8. The van der Waals surface area contributed by atoms with Crippen LogP contribution < -0.4 is 5.32 Å². The molecule has 0 atom stereocenters. The zero-order valence-electron chi connectivity index (χ0n) is 9.18. The molecule has 1 aromatic rings. The Kier molecular flexibility index (Phi) is 3.54. The number of ether oxygens (including phenoxy) is 2. The number of amides is 1. The first kappa shape index (κ1) is 11.1. The highest BCUT2D eigenvalue weighted by Gasteiger charge is 2.25. The van der Waals surface area contributed by atoms with Gasteiger partial charge in [-0.3, -0.25) is 4.79 Å². The summed E-state index contributed by atoms with van der Waals surface area (Å²) >= 11 is 0. The molecule has 1 fully saturated rings. The van der Waals surface area contributed by atoms with Gasteiger partial charge in [0, 0.05) is 5.69 Å². The molecule has 0 unspecified atom stereocenters. The van der Waals surface area contributed by atoms with Crippen LogP contribution in [0.1, 0.15) is 6.92 Å². The third kappa shape index (κ3) is 2.81. The summed E-state index contributed by atoms with van der Waals surface area (Å²) in [6.45, 7) is 2.66. The molecule has 1 amide bonds. The van der Waals surface area contributed by atoms with Crippen molar-refractivity contribution in [2.24, 2.45) is 5.92 Å². The number of carbonyl (C=O) groups is 1. The normalized spacial score (nSPS) is 25.1. The second-order valence-electron chi connectivity index (χ2n) is 3.79. The Morgan fingerprint density at radius 2 is 1.88 bits per heavy atom. The van der Waals surface area contributed by atoms with Crippen molar-refractivity contribution in [2.45, 2.75) is 13.2 Å². The quantitative estimate of drug-likeness (QED) is 0.825. The average molecular weight is 221 g/mol. The molecule has 1 heterocycles. The molecule has 2 rings (SSSR count). The van der Waals surface area contributed by atoms with Crippen LogP contribution in [0.2, 0.25) is 0 Å². The molecule has 0 radical (unpaired) electrons. The number of carbonyl (C=O) groups excluding carboxylic acids is 1. The lowest BCUT2D eigenvalue weighted by atomic mass is 10.1. The Morgan fingerprint density at radius 3 is 2.50 bits per heavy atom. The van der Waals surface area contributed by atoms with E-state index in [9.17, 15) is 4.79 Å². The van der Waals surface area contributed by atoms with E-state index in [4.69, 9.17) is 9.47 Å². The molecule has 1 saturated heterocycles. The van der Waals surface area contributed by atoms with Gasteiger partial charge in [0.25, 0.3) is 0 Å². The Labute approximate surface area is 94.6 Å². The lowest BCUT2D eigenvalue weighted by Gasteiger charge is -2.26. The van der Waals surface area contributed by atoms with Gasteiger partial charge in [0.05, 0.1) is 19.1 Å². The van der Waals surface area contributed by atoms with Crippen LogP contribution in [-0.4, -0.2) is 25.4 Å². The van der Waals surface area contributed by atoms with E-state index in [1.54, 1.807) is 0 Å². The van der Waals surface area contributed by atoms with Gasteiger partial charge < -0.3 is 14.8 Å². The van der Waals surface area contributed by atoms with E-state index < -0.39 is 0 Å². The summed E-state index contributed by atoms with van der Waals surface area (Å²) in [7, 11) is 0. The first-order chi connectivity index (χ1) is 7.75. The van der Waals surface area contributed by atoms with Crippen molar-refractivity contribution in [3.8, 4) is 0 Å². The minimum absolute atomic E-state index is 0.0573. The predicted molar refractivity (Wildman–Crippen MR) is 59.9 cm³/mol. The second kappa shape index (κ2) is 5.09. The molecule has 1 N–H and O–H groups in total.